The van der Waals surface area contributed by atoms with Gasteiger partial charge in [0.2, 0.25) is 0 Å². The molecular weight excluding hydrogens is 254 g/mol. The first kappa shape index (κ1) is 12.2. The quantitative estimate of drug-likeness (QED) is 0.699. The molecule has 0 aliphatic heterocycles. The normalized spacial score (nSPS) is 10.7. The second-order valence-corrected chi connectivity index (χ2v) is 4.53. The third-order valence-corrected chi connectivity index (χ3v) is 3.00. The number of nitrogens with one attached hydrogen (secondary N) is 1. The number of oxazole rings is 1. The maximum absolute atomic E-state index is 12.2. The molecule has 1 heterocycles. The van der Waals surface area contributed by atoms with Crippen molar-refractivity contribution in [3.8, 4) is 0 Å². The van der Waals surface area contributed by atoms with E-state index in [0.717, 1.165) is 10.8 Å². The second-order valence-electron chi connectivity index (χ2n) is 4.53. The van der Waals surface area contributed by atoms with Gasteiger partial charge in [0.25, 0.3) is 5.91 Å². The van der Waals surface area contributed by atoms with E-state index in [-0.39, 0.29) is 11.9 Å². The van der Waals surface area contributed by atoms with Crippen LogP contribution in [-0.4, -0.2) is 10.9 Å². The zero-order chi connectivity index (χ0) is 14.1. The molecule has 0 saturated heterocycles. The van der Waals surface area contributed by atoms with E-state index < -0.39 is 0 Å². The molecule has 0 atom stereocenters. The van der Waals surface area contributed by atoms with Crippen molar-refractivity contribution in [2.75, 3.05) is 11.1 Å². The van der Waals surface area contributed by atoms with Gasteiger partial charge in [-0.2, -0.15) is 4.98 Å². The van der Waals surface area contributed by atoms with Crippen LogP contribution >= 0.6 is 0 Å². The zero-order valence-electron chi connectivity index (χ0n) is 10.9. The lowest BCUT2D eigenvalue weighted by atomic mass is 10.0. The summed E-state index contributed by atoms with van der Waals surface area (Å²) >= 11 is 0. The number of anilines is 2. The number of carbonyl (C=O) groups is 1. The first-order chi connectivity index (χ1) is 9.63. The van der Waals surface area contributed by atoms with Crippen molar-refractivity contribution in [3.05, 3.63) is 53.9 Å². The van der Waals surface area contributed by atoms with Crippen LogP contribution in [0.2, 0.25) is 0 Å². The highest BCUT2D eigenvalue weighted by atomic mass is 16.4. The summed E-state index contributed by atoms with van der Waals surface area (Å²) in [5.74, 6) is -0.338. The summed E-state index contributed by atoms with van der Waals surface area (Å²) in [6.07, 6.45) is 1.47. The van der Waals surface area contributed by atoms with E-state index in [1.165, 1.54) is 6.26 Å². The highest BCUT2D eigenvalue weighted by Crippen LogP contribution is 2.22. The lowest BCUT2D eigenvalue weighted by molar-refractivity contribution is 0.102. The van der Waals surface area contributed by atoms with Gasteiger partial charge in [0, 0.05) is 5.69 Å². The molecule has 0 saturated carbocycles. The minimum absolute atomic E-state index is 0.167. The maximum atomic E-state index is 12.2. The average molecular weight is 267 g/mol. The average Bonchev–Trinajstić information content (AvgIpc) is 2.83. The van der Waals surface area contributed by atoms with Crippen molar-refractivity contribution in [1.82, 2.24) is 4.98 Å². The smallest absolute Gasteiger partial charge is 0.301 e. The summed E-state index contributed by atoms with van der Waals surface area (Å²) < 4.78 is 5.10. The monoisotopic (exact) mass is 267 g/mol. The Hall–Kier alpha value is -2.82. The third kappa shape index (κ3) is 2.21. The van der Waals surface area contributed by atoms with E-state index in [0.29, 0.717) is 16.9 Å². The molecule has 20 heavy (non-hydrogen) atoms. The van der Waals surface area contributed by atoms with E-state index >= 15 is 0 Å². The van der Waals surface area contributed by atoms with E-state index in [2.05, 4.69) is 10.3 Å². The molecule has 0 aliphatic carbocycles. The predicted molar refractivity (Wildman–Crippen MR) is 77.6 cm³/mol. The first-order valence-electron chi connectivity index (χ1n) is 6.15. The highest BCUT2D eigenvalue weighted by Gasteiger charge is 2.13. The van der Waals surface area contributed by atoms with Gasteiger partial charge < -0.3 is 10.2 Å². The molecule has 0 bridgehead atoms. The van der Waals surface area contributed by atoms with Crippen molar-refractivity contribution in [3.63, 3.8) is 0 Å². The van der Waals surface area contributed by atoms with Gasteiger partial charge in [-0.15, -0.1) is 0 Å². The molecule has 3 aromatic rings. The third-order valence-electron chi connectivity index (χ3n) is 3.00. The molecule has 0 unspecified atom stereocenters. The topological polar surface area (TPSA) is 81.2 Å². The Labute approximate surface area is 115 Å². The van der Waals surface area contributed by atoms with Crippen LogP contribution in [0, 0.1) is 6.92 Å². The van der Waals surface area contributed by atoms with E-state index in [4.69, 9.17) is 10.2 Å². The van der Waals surface area contributed by atoms with Crippen LogP contribution in [0.15, 0.2) is 47.1 Å². The van der Waals surface area contributed by atoms with Crippen molar-refractivity contribution in [1.29, 1.82) is 0 Å². The number of hydrogen-bond acceptors (Lipinski definition) is 4. The highest BCUT2D eigenvalue weighted by molar-refractivity contribution is 6.09. The number of amides is 1. The van der Waals surface area contributed by atoms with Gasteiger partial charge in [-0.05, 0) is 29.8 Å². The summed E-state index contributed by atoms with van der Waals surface area (Å²) in [5, 5.41) is 4.54. The van der Waals surface area contributed by atoms with Crippen LogP contribution in [0.4, 0.5) is 11.7 Å². The molecule has 0 radical (unpaired) electrons. The number of nitrogens with zero attached hydrogens (tertiary/aromatic N) is 1. The summed E-state index contributed by atoms with van der Waals surface area (Å²) in [6, 6.07) is 11.4. The van der Waals surface area contributed by atoms with Crippen molar-refractivity contribution < 1.29 is 9.21 Å². The molecule has 5 heteroatoms. The van der Waals surface area contributed by atoms with E-state index in [9.17, 15) is 4.79 Å². The van der Waals surface area contributed by atoms with Crippen LogP contribution in [0.3, 0.4) is 0 Å². The second kappa shape index (κ2) is 4.70. The summed E-state index contributed by atoms with van der Waals surface area (Å²) in [5.41, 5.74) is 7.46. The summed E-state index contributed by atoms with van der Waals surface area (Å²) in [4.78, 5) is 16.2. The fourth-order valence-corrected chi connectivity index (χ4v) is 2.03. The predicted octanol–water partition coefficient (Wildman–Crippen LogP) is 2.97. The molecule has 0 fully saturated rings. The van der Waals surface area contributed by atoms with Gasteiger partial charge in [0.05, 0.1) is 11.3 Å². The maximum Gasteiger partial charge on any atom is 0.301 e. The molecule has 100 valence electrons. The Kier molecular flexibility index (Phi) is 2.87. The number of aryl methyl sites for hydroxylation is 1. The largest absolute Gasteiger partial charge is 0.432 e. The fourth-order valence-electron chi connectivity index (χ4n) is 2.03. The Bertz CT molecular complexity index is 793. The van der Waals surface area contributed by atoms with E-state index in [1.54, 1.807) is 19.1 Å². The minimum Gasteiger partial charge on any atom is -0.432 e. The lowest BCUT2D eigenvalue weighted by Crippen LogP contribution is -2.14. The minimum atomic E-state index is -0.338. The Morgan fingerprint density at radius 2 is 1.95 bits per heavy atom. The van der Waals surface area contributed by atoms with Gasteiger partial charge in [0.15, 0.2) is 0 Å². The molecule has 5 nitrogen and oxygen atoms in total. The number of nitrogen functional groups attached to an aromatic ring is 1. The van der Waals surface area contributed by atoms with Gasteiger partial charge >= 0.3 is 6.01 Å². The number of nitrogens with two attached hydrogens (primary N) is 1. The summed E-state index contributed by atoms with van der Waals surface area (Å²) in [7, 11) is 0. The fraction of sp³-hybridized carbons (Fsp3) is 0.0667. The SMILES string of the molecule is Cc1coc(NC(=O)c2cc3ccccc3cc2N)n1. The Morgan fingerprint density at radius 1 is 1.25 bits per heavy atom. The number of carbonyl (C=O) groups excluding carboxylic acids is 1. The van der Waals surface area contributed by atoms with Crippen LogP contribution in [0.5, 0.6) is 0 Å². The molecule has 0 spiro atoms. The zero-order valence-corrected chi connectivity index (χ0v) is 10.9. The molecule has 0 aliphatic rings. The molecule has 2 aromatic carbocycles. The number of aromatic nitrogens is 1. The van der Waals surface area contributed by atoms with Crippen LogP contribution in [0.25, 0.3) is 10.8 Å². The Morgan fingerprint density at radius 3 is 2.60 bits per heavy atom. The molecule has 1 aromatic heterocycles. The summed E-state index contributed by atoms with van der Waals surface area (Å²) in [6.45, 7) is 1.78. The van der Waals surface area contributed by atoms with Gasteiger partial charge in [0.1, 0.15) is 6.26 Å². The molecule has 1 amide bonds. The van der Waals surface area contributed by atoms with Gasteiger partial charge in [-0.25, -0.2) is 0 Å². The van der Waals surface area contributed by atoms with Crippen LogP contribution < -0.4 is 11.1 Å². The van der Waals surface area contributed by atoms with Crippen LogP contribution in [-0.2, 0) is 0 Å². The lowest BCUT2D eigenvalue weighted by Gasteiger charge is -2.07. The Balaban J connectivity index is 1.96. The molecule has 3 rings (SSSR count). The first-order valence-corrected chi connectivity index (χ1v) is 6.15. The molecular formula is C15H13N3O2. The van der Waals surface area contributed by atoms with Crippen molar-refractivity contribution in [2.24, 2.45) is 0 Å². The van der Waals surface area contributed by atoms with Crippen molar-refractivity contribution >= 4 is 28.4 Å². The van der Waals surface area contributed by atoms with Gasteiger partial charge in [-0.1, -0.05) is 24.3 Å². The standard InChI is InChI=1S/C15H13N3O2/c1-9-8-20-15(17-9)18-14(19)12-6-10-4-2-3-5-11(10)7-13(12)16/h2-8H,16H2,1H3,(H,17,18,19). The van der Waals surface area contributed by atoms with E-state index in [1.807, 2.05) is 24.3 Å². The number of hydrogen-bond donors (Lipinski definition) is 2. The number of rotatable bonds is 2. The number of fused-ring (bicyclic) bond motifs is 1. The van der Waals surface area contributed by atoms with Crippen molar-refractivity contribution in [2.45, 2.75) is 6.92 Å². The molecule has 3 N–H and O–H groups in total. The van der Waals surface area contributed by atoms with Crippen LogP contribution in [0.1, 0.15) is 16.1 Å². The number of benzene rings is 2. The van der Waals surface area contributed by atoms with Gasteiger partial charge in [-0.3, -0.25) is 10.1 Å².